The van der Waals surface area contributed by atoms with Crippen LogP contribution in [0.4, 0.5) is 0 Å². The van der Waals surface area contributed by atoms with Crippen molar-refractivity contribution in [3.63, 3.8) is 0 Å². The molecule has 0 radical (unpaired) electrons. The van der Waals surface area contributed by atoms with Crippen LogP contribution in [0.3, 0.4) is 0 Å². The lowest BCUT2D eigenvalue weighted by molar-refractivity contribution is 0.246. The normalized spacial score (nSPS) is 27.4. The molecule has 1 saturated heterocycles. The monoisotopic (exact) mass is 307 g/mol. The van der Waals surface area contributed by atoms with Gasteiger partial charge in [-0.3, -0.25) is 0 Å². The second kappa shape index (κ2) is 6.30. The molecule has 0 spiro atoms. The Balaban J connectivity index is 1.96. The average molecular weight is 307 g/mol. The summed E-state index contributed by atoms with van der Waals surface area (Å²) >= 11 is 1.78. The van der Waals surface area contributed by atoms with E-state index in [1.165, 1.54) is 0 Å². The van der Waals surface area contributed by atoms with E-state index in [0.29, 0.717) is 13.1 Å². The summed E-state index contributed by atoms with van der Waals surface area (Å²) in [7, 11) is -1.45. The van der Waals surface area contributed by atoms with Gasteiger partial charge in [0.2, 0.25) is 0 Å². The molecule has 0 amide bonds. The van der Waals surface area contributed by atoms with Crippen LogP contribution in [0, 0.1) is 0 Å². The summed E-state index contributed by atoms with van der Waals surface area (Å²) in [6.45, 7) is 1.95. The van der Waals surface area contributed by atoms with Crippen molar-refractivity contribution < 1.29 is 8.42 Å². The number of hydrogen-bond donors (Lipinski definition) is 2. The van der Waals surface area contributed by atoms with E-state index in [0.717, 1.165) is 38.6 Å². The lowest BCUT2D eigenvalue weighted by Gasteiger charge is -2.34. The van der Waals surface area contributed by atoms with Crippen LogP contribution in [0.1, 0.15) is 32.1 Å². The van der Waals surface area contributed by atoms with Crippen molar-refractivity contribution in [1.29, 1.82) is 0 Å². The third kappa shape index (κ3) is 3.85. The third-order valence-electron chi connectivity index (χ3n) is 4.14. The van der Waals surface area contributed by atoms with Crippen molar-refractivity contribution in [2.45, 2.75) is 42.9 Å². The minimum atomic E-state index is -3.33. The van der Waals surface area contributed by atoms with Gasteiger partial charge in [-0.1, -0.05) is 6.42 Å². The van der Waals surface area contributed by atoms with Gasteiger partial charge < -0.3 is 5.32 Å². The summed E-state index contributed by atoms with van der Waals surface area (Å²) in [4.78, 5) is 0. The van der Waals surface area contributed by atoms with Gasteiger partial charge in [-0.2, -0.15) is 24.5 Å². The van der Waals surface area contributed by atoms with Crippen LogP contribution < -0.4 is 10.0 Å². The number of thioether (sulfide) groups is 1. The minimum Gasteiger partial charge on any atom is -0.318 e. The molecule has 2 aliphatic rings. The number of likely N-dealkylation sites (N-methyl/N-ethyl adjacent to an activating group) is 1. The van der Waals surface area contributed by atoms with Crippen molar-refractivity contribution in [2.24, 2.45) is 0 Å². The van der Waals surface area contributed by atoms with E-state index in [1.807, 2.05) is 7.05 Å². The van der Waals surface area contributed by atoms with E-state index in [9.17, 15) is 8.42 Å². The fraction of sp³-hybridized carbons (Fsp3) is 1.00. The molecule has 1 unspecified atom stereocenters. The quantitative estimate of drug-likeness (QED) is 0.730. The molecular weight excluding hydrogens is 282 g/mol. The largest absolute Gasteiger partial charge is 0.318 e. The van der Waals surface area contributed by atoms with Gasteiger partial charge in [-0.25, -0.2) is 4.72 Å². The fourth-order valence-corrected chi connectivity index (χ4v) is 5.01. The van der Waals surface area contributed by atoms with Crippen LogP contribution in [0.2, 0.25) is 0 Å². The number of hydrogen-bond acceptors (Lipinski definition) is 4. The lowest BCUT2D eigenvalue weighted by Crippen LogP contribution is -2.53. The van der Waals surface area contributed by atoms with Crippen molar-refractivity contribution in [3.05, 3.63) is 0 Å². The highest BCUT2D eigenvalue weighted by Gasteiger charge is 2.43. The molecule has 1 aliphatic heterocycles. The Morgan fingerprint density at radius 2 is 2.11 bits per heavy atom. The zero-order chi connectivity index (χ0) is 13.9. The van der Waals surface area contributed by atoms with Crippen LogP contribution in [-0.2, 0) is 10.2 Å². The Hall–Kier alpha value is 0.180. The van der Waals surface area contributed by atoms with Gasteiger partial charge in [0.25, 0.3) is 10.2 Å². The molecule has 1 saturated carbocycles. The van der Waals surface area contributed by atoms with Gasteiger partial charge in [-0.15, -0.1) is 0 Å². The average Bonchev–Trinajstić information content (AvgIpc) is 3.18. The predicted octanol–water partition coefficient (Wildman–Crippen LogP) is 0.790. The van der Waals surface area contributed by atoms with E-state index in [-0.39, 0.29) is 10.8 Å². The van der Waals surface area contributed by atoms with Crippen LogP contribution in [0.25, 0.3) is 0 Å². The SMILES string of the molecule is CNCC1CCCCN1S(=O)(=O)NCC1(SC)CC1. The highest BCUT2D eigenvalue weighted by Crippen LogP contribution is 2.46. The Morgan fingerprint density at radius 3 is 2.68 bits per heavy atom. The third-order valence-corrected chi connectivity index (χ3v) is 7.16. The van der Waals surface area contributed by atoms with Crippen LogP contribution >= 0.6 is 11.8 Å². The van der Waals surface area contributed by atoms with Gasteiger partial charge in [0.05, 0.1) is 0 Å². The topological polar surface area (TPSA) is 61.4 Å². The van der Waals surface area contributed by atoms with E-state index in [4.69, 9.17) is 0 Å². The van der Waals surface area contributed by atoms with Gasteiger partial charge >= 0.3 is 0 Å². The summed E-state index contributed by atoms with van der Waals surface area (Å²) in [5.41, 5.74) is 0. The molecule has 1 aliphatic carbocycles. The van der Waals surface area contributed by atoms with E-state index in [1.54, 1.807) is 16.1 Å². The van der Waals surface area contributed by atoms with Crippen molar-refractivity contribution >= 4 is 22.0 Å². The maximum atomic E-state index is 12.4. The smallest absolute Gasteiger partial charge is 0.279 e. The molecule has 0 aromatic heterocycles. The highest BCUT2D eigenvalue weighted by atomic mass is 32.2. The first-order chi connectivity index (χ1) is 9.03. The molecule has 7 heteroatoms. The maximum Gasteiger partial charge on any atom is 0.279 e. The summed E-state index contributed by atoms with van der Waals surface area (Å²) < 4.78 is 29.5. The Bertz CT molecular complexity index is 394. The zero-order valence-electron chi connectivity index (χ0n) is 11.8. The summed E-state index contributed by atoms with van der Waals surface area (Å²) in [6.07, 6.45) is 7.34. The summed E-state index contributed by atoms with van der Waals surface area (Å²) in [5.74, 6) is 0. The summed E-state index contributed by atoms with van der Waals surface area (Å²) in [6, 6.07) is 0.0979. The van der Waals surface area contributed by atoms with Gasteiger partial charge in [0.15, 0.2) is 0 Å². The van der Waals surface area contributed by atoms with Crippen LogP contribution in [-0.4, -0.2) is 56.4 Å². The molecule has 5 nitrogen and oxygen atoms in total. The zero-order valence-corrected chi connectivity index (χ0v) is 13.4. The molecule has 0 aromatic rings. The Morgan fingerprint density at radius 1 is 1.37 bits per heavy atom. The van der Waals surface area contributed by atoms with E-state index >= 15 is 0 Å². The van der Waals surface area contributed by atoms with Crippen LogP contribution in [0.15, 0.2) is 0 Å². The van der Waals surface area contributed by atoms with Crippen molar-refractivity contribution in [3.8, 4) is 0 Å². The molecule has 19 heavy (non-hydrogen) atoms. The van der Waals surface area contributed by atoms with Gasteiger partial charge in [0.1, 0.15) is 0 Å². The first-order valence-electron chi connectivity index (χ1n) is 6.99. The number of piperidine rings is 1. The van der Waals surface area contributed by atoms with E-state index < -0.39 is 10.2 Å². The van der Waals surface area contributed by atoms with Crippen molar-refractivity contribution in [2.75, 3.05) is 32.9 Å². The number of nitrogens with one attached hydrogen (secondary N) is 2. The van der Waals surface area contributed by atoms with Crippen molar-refractivity contribution in [1.82, 2.24) is 14.3 Å². The molecule has 2 rings (SSSR count). The second-order valence-electron chi connectivity index (χ2n) is 5.53. The number of rotatable bonds is 7. The number of nitrogens with zero attached hydrogens (tertiary/aromatic N) is 1. The first-order valence-corrected chi connectivity index (χ1v) is 9.66. The second-order valence-corrected chi connectivity index (χ2v) is 8.51. The predicted molar refractivity (Wildman–Crippen MR) is 80.7 cm³/mol. The molecule has 0 bridgehead atoms. The van der Waals surface area contributed by atoms with E-state index in [2.05, 4.69) is 16.3 Å². The Labute approximate surface area is 121 Å². The summed E-state index contributed by atoms with van der Waals surface area (Å²) in [5, 5.41) is 3.10. The fourth-order valence-electron chi connectivity index (χ4n) is 2.63. The maximum absolute atomic E-state index is 12.4. The van der Waals surface area contributed by atoms with Gasteiger partial charge in [0, 0.05) is 30.4 Å². The standard InChI is InChI=1S/C12H25N3O2S2/c1-13-9-11-5-3-4-8-15(11)19(16,17)14-10-12(18-2)6-7-12/h11,13-14H,3-10H2,1-2H3. The highest BCUT2D eigenvalue weighted by molar-refractivity contribution is 8.00. The Kier molecular flexibility index (Phi) is 5.16. The molecule has 1 heterocycles. The molecule has 1 atom stereocenters. The molecule has 112 valence electrons. The molecule has 2 fully saturated rings. The van der Waals surface area contributed by atoms with Gasteiger partial charge in [-0.05, 0) is 39.0 Å². The molecule has 0 aromatic carbocycles. The first kappa shape index (κ1) is 15.6. The molecular formula is C12H25N3O2S2. The minimum absolute atomic E-state index is 0.0979. The lowest BCUT2D eigenvalue weighted by atomic mass is 10.1. The molecule has 2 N–H and O–H groups in total. The van der Waals surface area contributed by atoms with Crippen LogP contribution in [0.5, 0.6) is 0 Å².